The smallest absolute Gasteiger partial charge is 0.306 e. The Morgan fingerprint density at radius 3 is 1.14 bits per heavy atom. The fourth-order valence-electron chi connectivity index (χ4n) is 10.3. The van der Waals surface area contributed by atoms with E-state index in [1.807, 2.05) is 33.3 Å². The molecular formula is C75H137N2O7P. The van der Waals surface area contributed by atoms with E-state index in [4.69, 9.17) is 13.8 Å². The van der Waals surface area contributed by atoms with Crippen molar-refractivity contribution >= 4 is 19.7 Å². The number of rotatable bonds is 65. The molecule has 3 atom stereocenters. The van der Waals surface area contributed by atoms with Gasteiger partial charge in [-0.2, -0.15) is 0 Å². The van der Waals surface area contributed by atoms with Gasteiger partial charge < -0.3 is 28.5 Å². The van der Waals surface area contributed by atoms with Crippen LogP contribution in [0.1, 0.15) is 329 Å². The third kappa shape index (κ3) is 65.5. The van der Waals surface area contributed by atoms with E-state index in [1.54, 1.807) is 0 Å². The molecule has 0 saturated heterocycles. The van der Waals surface area contributed by atoms with Crippen LogP contribution in [0.25, 0.3) is 0 Å². The lowest BCUT2D eigenvalue weighted by Crippen LogP contribution is -2.47. The van der Waals surface area contributed by atoms with E-state index in [-0.39, 0.29) is 24.9 Å². The Balaban J connectivity index is 5.00. The van der Waals surface area contributed by atoms with Crippen LogP contribution in [0.15, 0.2) is 85.1 Å². The summed E-state index contributed by atoms with van der Waals surface area (Å²) in [6, 6.07) is -0.894. The van der Waals surface area contributed by atoms with Crippen molar-refractivity contribution in [1.82, 2.24) is 5.32 Å². The number of nitrogens with zero attached hydrogens (tertiary/aromatic N) is 1. The molecule has 0 aliphatic carbocycles. The second-order valence-electron chi connectivity index (χ2n) is 25.4. The Bertz CT molecular complexity index is 1730. The minimum Gasteiger partial charge on any atom is -0.756 e. The van der Waals surface area contributed by atoms with Crippen LogP contribution >= 0.6 is 7.82 Å². The number of ether oxygens (including phenoxy) is 1. The van der Waals surface area contributed by atoms with Gasteiger partial charge in [0.15, 0.2) is 0 Å². The van der Waals surface area contributed by atoms with Gasteiger partial charge in [0, 0.05) is 12.8 Å². The van der Waals surface area contributed by atoms with Gasteiger partial charge in [0.2, 0.25) is 5.91 Å². The number of nitrogens with one attached hydrogen (secondary N) is 1. The molecule has 0 aliphatic heterocycles. The van der Waals surface area contributed by atoms with E-state index in [1.165, 1.54) is 193 Å². The molecule has 10 heteroatoms. The second kappa shape index (κ2) is 64.2. The zero-order valence-electron chi connectivity index (χ0n) is 56.6. The number of esters is 1. The summed E-state index contributed by atoms with van der Waals surface area (Å²) in [5.74, 6) is -0.538. The van der Waals surface area contributed by atoms with Gasteiger partial charge in [-0.1, -0.05) is 299 Å². The van der Waals surface area contributed by atoms with Crippen molar-refractivity contribution in [2.75, 3.05) is 40.9 Å². The number of amides is 1. The predicted octanol–water partition coefficient (Wildman–Crippen LogP) is 22.3. The maximum Gasteiger partial charge on any atom is 0.306 e. The molecular weight excluding hydrogens is 1070 g/mol. The first-order valence-electron chi connectivity index (χ1n) is 35.9. The molecule has 494 valence electrons. The molecule has 0 aliphatic rings. The molecule has 0 rings (SSSR count). The van der Waals surface area contributed by atoms with Gasteiger partial charge >= 0.3 is 5.97 Å². The van der Waals surface area contributed by atoms with E-state index in [0.717, 1.165) is 103 Å². The van der Waals surface area contributed by atoms with Crippen molar-refractivity contribution in [2.45, 2.75) is 341 Å². The summed E-state index contributed by atoms with van der Waals surface area (Å²) in [4.78, 5) is 40.2. The normalized spacial score (nSPS) is 14.0. The molecule has 3 unspecified atom stereocenters. The first-order valence-corrected chi connectivity index (χ1v) is 37.4. The highest BCUT2D eigenvalue weighted by Gasteiger charge is 2.27. The molecule has 1 amide bonds. The fraction of sp³-hybridized carbons (Fsp3) is 0.787. The van der Waals surface area contributed by atoms with Gasteiger partial charge in [-0.25, -0.2) is 0 Å². The molecule has 0 aromatic heterocycles. The predicted molar refractivity (Wildman–Crippen MR) is 367 cm³/mol. The monoisotopic (exact) mass is 1210 g/mol. The van der Waals surface area contributed by atoms with Crippen molar-refractivity contribution < 1.29 is 37.3 Å². The number of quaternary nitrogens is 1. The number of carbonyl (C=O) groups excluding carboxylic acids is 2. The number of phosphoric ester groups is 1. The summed E-state index contributed by atoms with van der Waals surface area (Å²) >= 11 is 0. The standard InChI is InChI=1S/C75H137N2O7P/c1-7-10-13-16-19-22-25-27-29-31-33-35-36-37-38-39-40-42-43-45-47-49-52-55-58-61-64-67-74(78)76-72(71-83-85(80,81)82-70-69-77(4,5)6)73(66-63-60-57-54-51-24-21-18-15-12-9-3)84-75(79)68-65-62-59-56-53-50-48-46-44-41-34-32-30-28-26-23-20-17-14-11-8-2/h10,13,19,22,27-30,33,35,37-38,63,66,72-73H,7-9,11-12,14-18,20-21,23-26,31-32,34,36,39-62,64-65,67-71H2,1-6H3,(H-,76,78,80,81)/b13-10-,22-19-,29-27-,30-28+,35-33-,38-37-,66-63-. The van der Waals surface area contributed by atoms with E-state index in [0.29, 0.717) is 17.4 Å². The molecule has 0 aromatic carbocycles. The highest BCUT2D eigenvalue weighted by molar-refractivity contribution is 7.45. The van der Waals surface area contributed by atoms with Crippen LogP contribution in [0, 0.1) is 0 Å². The molecule has 0 spiro atoms. The lowest BCUT2D eigenvalue weighted by atomic mass is 10.0. The Hall–Kier alpha value is -2.81. The largest absolute Gasteiger partial charge is 0.756 e. The maximum absolute atomic E-state index is 13.6. The minimum absolute atomic E-state index is 0.0248. The highest BCUT2D eigenvalue weighted by Crippen LogP contribution is 2.38. The highest BCUT2D eigenvalue weighted by atomic mass is 31.2. The molecule has 0 bridgehead atoms. The van der Waals surface area contributed by atoms with Crippen LogP contribution in [-0.4, -0.2) is 69.4 Å². The molecule has 9 nitrogen and oxygen atoms in total. The van der Waals surface area contributed by atoms with Gasteiger partial charge in [-0.05, 0) is 102 Å². The van der Waals surface area contributed by atoms with Crippen molar-refractivity contribution in [1.29, 1.82) is 0 Å². The van der Waals surface area contributed by atoms with Gasteiger partial charge in [-0.15, -0.1) is 0 Å². The molecule has 0 saturated carbocycles. The Labute approximate surface area is 526 Å². The van der Waals surface area contributed by atoms with Gasteiger partial charge in [-0.3, -0.25) is 14.2 Å². The fourth-order valence-corrected chi connectivity index (χ4v) is 11.0. The molecule has 0 aromatic rings. The molecule has 85 heavy (non-hydrogen) atoms. The van der Waals surface area contributed by atoms with E-state index in [2.05, 4.69) is 99.0 Å². The van der Waals surface area contributed by atoms with Crippen LogP contribution in [0.5, 0.6) is 0 Å². The summed E-state index contributed by atoms with van der Waals surface area (Å²) in [6.45, 7) is 6.75. The zero-order chi connectivity index (χ0) is 62.1. The van der Waals surface area contributed by atoms with E-state index < -0.39 is 26.6 Å². The zero-order valence-corrected chi connectivity index (χ0v) is 57.4. The SMILES string of the molecule is CC/C=C\C/C=C\C/C=C\C/C=C\C/C=C\CCCCCCCCCCCCCC(=O)NC(COP(=O)([O-])OCC[N+](C)(C)C)C(/C=C\CCCCCCCCCCC)OC(=O)CCCCCCCCCCCCC/C=C/CCCCCCCC. The van der Waals surface area contributed by atoms with Gasteiger partial charge in [0.05, 0.1) is 33.8 Å². The van der Waals surface area contributed by atoms with Gasteiger partial charge in [0.25, 0.3) is 7.82 Å². The lowest BCUT2D eigenvalue weighted by molar-refractivity contribution is -0.870. The van der Waals surface area contributed by atoms with Crippen LogP contribution in [0.2, 0.25) is 0 Å². The molecule has 0 heterocycles. The average molecular weight is 1210 g/mol. The number of allylic oxidation sites excluding steroid dienone is 13. The number of hydrogen-bond donors (Lipinski definition) is 1. The second-order valence-corrected chi connectivity index (χ2v) is 26.8. The van der Waals surface area contributed by atoms with Crippen LogP contribution in [-0.2, 0) is 27.9 Å². The average Bonchev–Trinajstić information content (AvgIpc) is 3.64. The molecule has 0 fully saturated rings. The van der Waals surface area contributed by atoms with Crippen molar-refractivity contribution in [3.8, 4) is 0 Å². The van der Waals surface area contributed by atoms with Crippen molar-refractivity contribution in [2.24, 2.45) is 0 Å². The summed E-state index contributed by atoms with van der Waals surface area (Å²) in [7, 11) is 1.18. The summed E-state index contributed by atoms with van der Waals surface area (Å²) in [6.07, 6.45) is 85.7. The lowest BCUT2D eigenvalue weighted by Gasteiger charge is -2.30. The minimum atomic E-state index is -4.71. The van der Waals surface area contributed by atoms with Crippen molar-refractivity contribution in [3.63, 3.8) is 0 Å². The molecule has 0 radical (unpaired) electrons. The first-order chi connectivity index (χ1) is 41.4. The number of hydrogen-bond acceptors (Lipinski definition) is 7. The summed E-state index contributed by atoms with van der Waals surface area (Å²) in [5.41, 5.74) is 0. The van der Waals surface area contributed by atoms with Crippen LogP contribution in [0.4, 0.5) is 0 Å². The number of unbranched alkanes of at least 4 members (excludes halogenated alkanes) is 37. The third-order valence-corrected chi connectivity index (χ3v) is 16.8. The third-order valence-electron chi connectivity index (χ3n) is 15.8. The quantitative estimate of drug-likeness (QED) is 0.0212. The molecule has 1 N–H and O–H groups in total. The Morgan fingerprint density at radius 2 is 0.753 bits per heavy atom. The Kier molecular flexibility index (Phi) is 62.1. The van der Waals surface area contributed by atoms with E-state index in [9.17, 15) is 19.0 Å². The topological polar surface area (TPSA) is 114 Å². The van der Waals surface area contributed by atoms with E-state index >= 15 is 0 Å². The number of likely N-dealkylation sites (N-methyl/N-ethyl adjacent to an activating group) is 1. The number of carbonyl (C=O) groups is 2. The summed E-state index contributed by atoms with van der Waals surface area (Å²) in [5, 5.41) is 3.04. The van der Waals surface area contributed by atoms with Crippen LogP contribution < -0.4 is 10.2 Å². The van der Waals surface area contributed by atoms with Crippen LogP contribution in [0.3, 0.4) is 0 Å². The number of phosphoric acid groups is 1. The maximum atomic E-state index is 13.6. The summed E-state index contributed by atoms with van der Waals surface area (Å²) < 4.78 is 30.4. The van der Waals surface area contributed by atoms with Crippen molar-refractivity contribution in [3.05, 3.63) is 85.1 Å². The Morgan fingerprint density at radius 1 is 0.424 bits per heavy atom. The first kappa shape index (κ1) is 82.2. The van der Waals surface area contributed by atoms with Gasteiger partial charge in [0.1, 0.15) is 19.3 Å².